The van der Waals surface area contributed by atoms with E-state index in [9.17, 15) is 4.39 Å². The van der Waals surface area contributed by atoms with E-state index >= 15 is 0 Å². The normalized spacial score (nSPS) is 11.1. The fourth-order valence-corrected chi connectivity index (χ4v) is 2.41. The van der Waals surface area contributed by atoms with Gasteiger partial charge < -0.3 is 10.6 Å². The average molecular weight is 459 g/mol. The van der Waals surface area contributed by atoms with E-state index < -0.39 is 0 Å². The van der Waals surface area contributed by atoms with E-state index in [1.54, 1.807) is 0 Å². The summed E-state index contributed by atoms with van der Waals surface area (Å²) >= 11 is 0. The highest BCUT2D eigenvalue weighted by molar-refractivity contribution is 14.0. The second-order valence-electron chi connectivity index (χ2n) is 5.69. The third-order valence-electron chi connectivity index (χ3n) is 3.77. The van der Waals surface area contributed by atoms with Gasteiger partial charge in [-0.1, -0.05) is 12.1 Å². The Kier molecular flexibility index (Phi) is 10.1. The first-order valence-electron chi connectivity index (χ1n) is 8.44. The molecule has 5 nitrogen and oxygen atoms in total. The lowest BCUT2D eigenvalue weighted by Crippen LogP contribution is -2.38. The van der Waals surface area contributed by atoms with Crippen LogP contribution in [0.4, 0.5) is 4.39 Å². The van der Waals surface area contributed by atoms with Crippen molar-refractivity contribution in [3.63, 3.8) is 0 Å². The fraction of sp³-hybridized carbons (Fsp3) is 0.444. The number of nitrogens with zero attached hydrogens (tertiary/aromatic N) is 2. The van der Waals surface area contributed by atoms with E-state index in [1.165, 1.54) is 17.7 Å². The number of hydrogen-bond acceptors (Lipinski definition) is 2. The van der Waals surface area contributed by atoms with Gasteiger partial charge >= 0.3 is 0 Å². The number of aromatic nitrogens is 2. The van der Waals surface area contributed by atoms with E-state index in [0.29, 0.717) is 0 Å². The van der Waals surface area contributed by atoms with Crippen molar-refractivity contribution in [2.24, 2.45) is 4.99 Å². The zero-order chi connectivity index (χ0) is 17.2. The molecule has 0 radical (unpaired) electrons. The Morgan fingerprint density at radius 1 is 1.20 bits per heavy atom. The molecule has 0 spiro atoms. The van der Waals surface area contributed by atoms with Crippen molar-refractivity contribution in [2.45, 2.75) is 33.1 Å². The lowest BCUT2D eigenvalue weighted by molar-refractivity contribution is 0.626. The number of halogens is 2. The molecule has 2 aromatic rings. The lowest BCUT2D eigenvalue weighted by atomic mass is 10.1. The fourth-order valence-electron chi connectivity index (χ4n) is 2.41. The van der Waals surface area contributed by atoms with Gasteiger partial charge in [0.05, 0.1) is 6.20 Å². The van der Waals surface area contributed by atoms with Gasteiger partial charge in [-0.3, -0.25) is 10.1 Å². The van der Waals surface area contributed by atoms with Crippen LogP contribution in [0, 0.1) is 12.7 Å². The zero-order valence-electron chi connectivity index (χ0n) is 14.8. The number of aryl methyl sites for hydroxylation is 2. The van der Waals surface area contributed by atoms with Gasteiger partial charge in [0.2, 0.25) is 0 Å². The summed E-state index contributed by atoms with van der Waals surface area (Å²) in [6.45, 7) is 6.43. The molecule has 0 saturated heterocycles. The minimum Gasteiger partial charge on any atom is -0.357 e. The molecule has 1 aromatic heterocycles. The van der Waals surface area contributed by atoms with Gasteiger partial charge in [0.1, 0.15) is 5.82 Å². The Balaban J connectivity index is 0.00000312. The monoisotopic (exact) mass is 459 g/mol. The topological polar surface area (TPSA) is 65.1 Å². The molecule has 0 aliphatic rings. The molecular formula is C18H27FIN5. The molecule has 0 unspecified atom stereocenters. The van der Waals surface area contributed by atoms with Crippen LogP contribution >= 0.6 is 24.0 Å². The molecule has 2 rings (SSSR count). The standard InChI is InChI=1S/C18H26FN5.HI/c1-3-20-18(21-11-4-5-16-13-23-24-14(16)2)22-12-10-15-6-8-17(19)9-7-15;/h6-9,13H,3-5,10-12H2,1-2H3,(H,23,24)(H2,20,21,22);1H. The molecule has 1 heterocycles. The van der Waals surface area contributed by atoms with E-state index in [2.05, 4.69) is 25.8 Å². The maximum absolute atomic E-state index is 12.9. The number of benzene rings is 1. The highest BCUT2D eigenvalue weighted by atomic mass is 127. The number of guanidine groups is 1. The molecule has 25 heavy (non-hydrogen) atoms. The maximum Gasteiger partial charge on any atom is 0.191 e. The van der Waals surface area contributed by atoms with Crippen LogP contribution in [-0.4, -0.2) is 35.8 Å². The second kappa shape index (κ2) is 11.8. The summed E-state index contributed by atoms with van der Waals surface area (Å²) in [6.07, 6.45) is 4.67. The molecular weight excluding hydrogens is 432 g/mol. The Morgan fingerprint density at radius 3 is 2.60 bits per heavy atom. The predicted octanol–water partition coefficient (Wildman–Crippen LogP) is 3.21. The summed E-state index contributed by atoms with van der Waals surface area (Å²) in [5, 5.41) is 13.5. The molecule has 0 bridgehead atoms. The van der Waals surface area contributed by atoms with Crippen LogP contribution in [0.2, 0.25) is 0 Å². The van der Waals surface area contributed by atoms with Gasteiger partial charge in [-0.05, 0) is 56.4 Å². The molecule has 0 atom stereocenters. The minimum atomic E-state index is -0.200. The SMILES string of the molecule is CCNC(=NCCCc1cn[nH]c1C)NCCc1ccc(F)cc1.I. The van der Waals surface area contributed by atoms with Crippen LogP contribution in [0.5, 0.6) is 0 Å². The van der Waals surface area contributed by atoms with Gasteiger partial charge in [-0.2, -0.15) is 5.10 Å². The first-order valence-corrected chi connectivity index (χ1v) is 8.44. The quantitative estimate of drug-likeness (QED) is 0.246. The molecule has 0 aliphatic heterocycles. The predicted molar refractivity (Wildman–Crippen MR) is 111 cm³/mol. The van der Waals surface area contributed by atoms with Gasteiger partial charge in [-0.25, -0.2) is 4.39 Å². The largest absolute Gasteiger partial charge is 0.357 e. The summed E-state index contributed by atoms with van der Waals surface area (Å²) in [5.41, 5.74) is 3.48. The van der Waals surface area contributed by atoms with Crippen LogP contribution in [0.25, 0.3) is 0 Å². The summed E-state index contributed by atoms with van der Waals surface area (Å²) in [7, 11) is 0. The first-order chi connectivity index (χ1) is 11.7. The molecule has 0 amide bonds. The summed E-state index contributed by atoms with van der Waals surface area (Å²) in [6, 6.07) is 6.61. The van der Waals surface area contributed by atoms with E-state index in [0.717, 1.165) is 56.1 Å². The molecule has 0 aliphatic carbocycles. The van der Waals surface area contributed by atoms with Crippen LogP contribution in [0.15, 0.2) is 35.5 Å². The molecule has 7 heteroatoms. The summed E-state index contributed by atoms with van der Waals surface area (Å²) < 4.78 is 12.9. The Hall–Kier alpha value is -1.64. The smallest absolute Gasteiger partial charge is 0.191 e. The number of aromatic amines is 1. The first kappa shape index (κ1) is 21.4. The van der Waals surface area contributed by atoms with Crippen molar-refractivity contribution in [1.29, 1.82) is 0 Å². The van der Waals surface area contributed by atoms with Crippen molar-refractivity contribution < 1.29 is 4.39 Å². The van der Waals surface area contributed by atoms with Crippen molar-refractivity contribution in [1.82, 2.24) is 20.8 Å². The van der Waals surface area contributed by atoms with E-state index in [-0.39, 0.29) is 29.8 Å². The average Bonchev–Trinajstić information content (AvgIpc) is 2.98. The van der Waals surface area contributed by atoms with Gasteiger partial charge in [0.25, 0.3) is 0 Å². The number of H-pyrrole nitrogens is 1. The minimum absolute atomic E-state index is 0. The van der Waals surface area contributed by atoms with Crippen molar-refractivity contribution >= 4 is 29.9 Å². The van der Waals surface area contributed by atoms with Crippen LogP contribution in [0.1, 0.15) is 30.2 Å². The highest BCUT2D eigenvalue weighted by Gasteiger charge is 2.01. The number of hydrogen-bond donors (Lipinski definition) is 3. The number of rotatable bonds is 8. The van der Waals surface area contributed by atoms with Gasteiger partial charge in [0, 0.05) is 25.3 Å². The van der Waals surface area contributed by atoms with Crippen LogP contribution in [0.3, 0.4) is 0 Å². The maximum atomic E-state index is 12.9. The van der Waals surface area contributed by atoms with Crippen molar-refractivity contribution in [3.05, 3.63) is 53.1 Å². The number of nitrogens with one attached hydrogen (secondary N) is 3. The Labute approximate surface area is 165 Å². The summed E-state index contributed by atoms with van der Waals surface area (Å²) in [4.78, 5) is 4.59. The van der Waals surface area contributed by atoms with Gasteiger partial charge in [-0.15, -0.1) is 24.0 Å². The highest BCUT2D eigenvalue weighted by Crippen LogP contribution is 2.05. The van der Waals surface area contributed by atoms with Crippen molar-refractivity contribution in [3.8, 4) is 0 Å². The lowest BCUT2D eigenvalue weighted by Gasteiger charge is -2.11. The number of aliphatic imine (C=N–C) groups is 1. The second-order valence-corrected chi connectivity index (χ2v) is 5.69. The molecule has 1 aromatic carbocycles. The van der Waals surface area contributed by atoms with Crippen LogP contribution in [-0.2, 0) is 12.8 Å². The van der Waals surface area contributed by atoms with Crippen LogP contribution < -0.4 is 10.6 Å². The zero-order valence-corrected chi connectivity index (χ0v) is 17.1. The van der Waals surface area contributed by atoms with E-state index in [4.69, 9.17) is 0 Å². The third kappa shape index (κ3) is 7.85. The molecule has 138 valence electrons. The molecule has 0 fully saturated rings. The molecule has 0 saturated carbocycles. The third-order valence-corrected chi connectivity index (χ3v) is 3.77. The Morgan fingerprint density at radius 2 is 1.96 bits per heavy atom. The van der Waals surface area contributed by atoms with Crippen molar-refractivity contribution in [2.75, 3.05) is 19.6 Å². The van der Waals surface area contributed by atoms with E-state index in [1.807, 2.05) is 32.2 Å². The summed E-state index contributed by atoms with van der Waals surface area (Å²) in [5.74, 6) is 0.623. The Bertz CT molecular complexity index is 639. The molecule has 3 N–H and O–H groups in total. The van der Waals surface area contributed by atoms with Gasteiger partial charge in [0.15, 0.2) is 5.96 Å².